The maximum absolute atomic E-state index is 6.99. The normalized spacial score (nSPS) is 11.9. The smallest absolute Gasteiger partial charge is 0.143 e. The molecular formula is C54H32O2. The molecule has 2 heterocycles. The second-order valence-corrected chi connectivity index (χ2v) is 14.7. The Hall–Kier alpha value is -7.42. The monoisotopic (exact) mass is 712 g/mol. The van der Waals surface area contributed by atoms with Crippen molar-refractivity contribution in [2.75, 3.05) is 0 Å². The third-order valence-corrected chi connectivity index (χ3v) is 11.7. The minimum Gasteiger partial charge on any atom is -0.456 e. The highest BCUT2D eigenvalue weighted by Crippen LogP contribution is 2.50. The molecule has 0 amide bonds. The van der Waals surface area contributed by atoms with Crippen molar-refractivity contribution in [1.29, 1.82) is 0 Å². The molecular weight excluding hydrogens is 681 g/mol. The van der Waals surface area contributed by atoms with Crippen LogP contribution in [-0.4, -0.2) is 0 Å². The molecule has 2 heteroatoms. The van der Waals surface area contributed by atoms with E-state index in [1.54, 1.807) is 0 Å². The minimum absolute atomic E-state index is 0.870. The van der Waals surface area contributed by atoms with E-state index in [1.165, 1.54) is 60.1 Å². The van der Waals surface area contributed by atoms with E-state index in [9.17, 15) is 0 Å². The number of fused-ring (bicyclic) bond motifs is 9. The highest BCUT2D eigenvalue weighted by molar-refractivity contribution is 6.28. The molecule has 2 aromatic heterocycles. The largest absolute Gasteiger partial charge is 0.456 e. The molecule has 0 atom stereocenters. The Morgan fingerprint density at radius 3 is 1.46 bits per heavy atom. The molecule has 12 rings (SSSR count). The predicted molar refractivity (Wildman–Crippen MR) is 235 cm³/mol. The summed E-state index contributed by atoms with van der Waals surface area (Å²) in [6, 6.07) is 69.7. The minimum atomic E-state index is 0.870. The van der Waals surface area contributed by atoms with Crippen LogP contribution in [0.2, 0.25) is 0 Å². The van der Waals surface area contributed by atoms with Crippen LogP contribution in [0.1, 0.15) is 0 Å². The summed E-state index contributed by atoms with van der Waals surface area (Å²) in [5, 5.41) is 11.7. The van der Waals surface area contributed by atoms with Crippen LogP contribution in [0.5, 0.6) is 0 Å². The Morgan fingerprint density at radius 2 is 0.768 bits per heavy atom. The number of rotatable bonds is 4. The van der Waals surface area contributed by atoms with Gasteiger partial charge >= 0.3 is 0 Å². The van der Waals surface area contributed by atoms with E-state index in [-0.39, 0.29) is 0 Å². The van der Waals surface area contributed by atoms with Crippen molar-refractivity contribution in [3.8, 4) is 44.5 Å². The van der Waals surface area contributed by atoms with Crippen LogP contribution in [0.15, 0.2) is 203 Å². The lowest BCUT2D eigenvalue weighted by atomic mass is 9.83. The molecule has 0 aliphatic heterocycles. The highest BCUT2D eigenvalue weighted by Gasteiger charge is 2.24. The molecule has 0 saturated carbocycles. The van der Waals surface area contributed by atoms with Crippen molar-refractivity contribution < 1.29 is 8.83 Å². The SMILES string of the molecule is c1ccc(-c2cc(-c3c4ccccc4c(-c4ccc(-c5cccc6oc7ccccc7c56)c5c4oc4ccccc45)c4ccccc34)c3ccccc3c2)cc1. The van der Waals surface area contributed by atoms with Crippen LogP contribution in [-0.2, 0) is 0 Å². The number of benzene rings is 10. The number of hydrogen-bond acceptors (Lipinski definition) is 2. The Kier molecular flexibility index (Phi) is 6.66. The van der Waals surface area contributed by atoms with Crippen molar-refractivity contribution in [3.05, 3.63) is 194 Å². The quantitative estimate of drug-likeness (QED) is 0.170. The fourth-order valence-corrected chi connectivity index (χ4v) is 9.27. The molecule has 0 aliphatic carbocycles. The van der Waals surface area contributed by atoms with Gasteiger partial charge in [-0.1, -0.05) is 158 Å². The summed E-state index contributed by atoms with van der Waals surface area (Å²) in [6.45, 7) is 0. The van der Waals surface area contributed by atoms with E-state index in [4.69, 9.17) is 8.83 Å². The topological polar surface area (TPSA) is 26.3 Å². The Morgan fingerprint density at radius 1 is 0.268 bits per heavy atom. The zero-order chi connectivity index (χ0) is 36.7. The van der Waals surface area contributed by atoms with E-state index in [1.807, 2.05) is 12.1 Å². The van der Waals surface area contributed by atoms with Gasteiger partial charge in [0, 0.05) is 32.7 Å². The first-order valence-corrected chi connectivity index (χ1v) is 19.2. The van der Waals surface area contributed by atoms with Crippen molar-refractivity contribution in [1.82, 2.24) is 0 Å². The Labute approximate surface area is 322 Å². The first-order valence-electron chi connectivity index (χ1n) is 19.2. The molecule has 2 nitrogen and oxygen atoms in total. The molecule has 10 aromatic carbocycles. The first-order chi connectivity index (χ1) is 27.8. The summed E-state index contributed by atoms with van der Waals surface area (Å²) in [5.41, 5.74) is 12.9. The number of furan rings is 2. The lowest BCUT2D eigenvalue weighted by Gasteiger charge is -2.20. The van der Waals surface area contributed by atoms with Gasteiger partial charge in [-0.15, -0.1) is 0 Å². The first kappa shape index (κ1) is 31.0. The van der Waals surface area contributed by atoms with Crippen molar-refractivity contribution >= 4 is 76.2 Å². The zero-order valence-corrected chi connectivity index (χ0v) is 30.3. The second-order valence-electron chi connectivity index (χ2n) is 14.7. The molecule has 0 bridgehead atoms. The van der Waals surface area contributed by atoms with E-state index in [0.29, 0.717) is 0 Å². The Balaban J connectivity index is 1.19. The van der Waals surface area contributed by atoms with Gasteiger partial charge in [0.2, 0.25) is 0 Å². The van der Waals surface area contributed by atoms with Crippen LogP contribution in [0, 0.1) is 0 Å². The molecule has 0 fully saturated rings. The molecule has 12 aromatic rings. The van der Waals surface area contributed by atoms with Gasteiger partial charge < -0.3 is 8.83 Å². The van der Waals surface area contributed by atoms with Gasteiger partial charge in [0.15, 0.2) is 0 Å². The van der Waals surface area contributed by atoms with Crippen molar-refractivity contribution in [2.45, 2.75) is 0 Å². The van der Waals surface area contributed by atoms with Crippen molar-refractivity contribution in [3.63, 3.8) is 0 Å². The predicted octanol–water partition coefficient (Wildman–Crippen LogP) is 15.6. The standard InChI is InChI=1S/C54H32O2/c1-2-15-33(16-3-1)35-31-34-17-4-5-18-36(34)46(32-35)51-39-21-8-6-19-37(39)50(38-20-7-9-22-40(38)51)45-30-29-42(53-44-24-11-13-27-48(44)56-54(45)53)41-25-14-28-49-52(41)43-23-10-12-26-47(43)55-49/h1-32H. The lowest BCUT2D eigenvalue weighted by Crippen LogP contribution is -1.93. The van der Waals surface area contributed by atoms with Gasteiger partial charge in [0.25, 0.3) is 0 Å². The average molecular weight is 713 g/mol. The molecule has 0 spiro atoms. The van der Waals surface area contributed by atoms with E-state index in [2.05, 4.69) is 182 Å². The van der Waals surface area contributed by atoms with Gasteiger partial charge in [-0.25, -0.2) is 0 Å². The maximum Gasteiger partial charge on any atom is 0.143 e. The van der Waals surface area contributed by atoms with Crippen LogP contribution >= 0.6 is 0 Å². The van der Waals surface area contributed by atoms with Crippen molar-refractivity contribution in [2.24, 2.45) is 0 Å². The van der Waals surface area contributed by atoms with Gasteiger partial charge in [-0.2, -0.15) is 0 Å². The highest BCUT2D eigenvalue weighted by atomic mass is 16.3. The molecule has 260 valence electrons. The van der Waals surface area contributed by atoms with E-state index < -0.39 is 0 Å². The third kappa shape index (κ3) is 4.50. The zero-order valence-electron chi connectivity index (χ0n) is 30.3. The molecule has 0 unspecified atom stereocenters. The maximum atomic E-state index is 6.99. The third-order valence-electron chi connectivity index (χ3n) is 11.7. The summed E-state index contributed by atoms with van der Waals surface area (Å²) in [7, 11) is 0. The lowest BCUT2D eigenvalue weighted by molar-refractivity contribution is 0.668. The fraction of sp³-hybridized carbons (Fsp3) is 0. The van der Waals surface area contributed by atoms with Gasteiger partial charge in [0.05, 0.1) is 0 Å². The van der Waals surface area contributed by atoms with Crippen LogP contribution in [0.25, 0.3) is 121 Å². The van der Waals surface area contributed by atoms with Gasteiger partial charge in [-0.05, 0) is 102 Å². The van der Waals surface area contributed by atoms with E-state index in [0.717, 1.165) is 60.6 Å². The summed E-state index contributed by atoms with van der Waals surface area (Å²) in [5.74, 6) is 0. The molecule has 0 radical (unpaired) electrons. The number of para-hydroxylation sites is 2. The molecule has 0 saturated heterocycles. The summed E-state index contributed by atoms with van der Waals surface area (Å²) >= 11 is 0. The second kappa shape index (κ2) is 12.0. The molecule has 56 heavy (non-hydrogen) atoms. The van der Waals surface area contributed by atoms with Gasteiger partial charge in [0.1, 0.15) is 22.3 Å². The van der Waals surface area contributed by atoms with E-state index >= 15 is 0 Å². The number of hydrogen-bond donors (Lipinski definition) is 0. The molecule has 0 aliphatic rings. The van der Waals surface area contributed by atoms with Gasteiger partial charge in [-0.3, -0.25) is 0 Å². The van der Waals surface area contributed by atoms with Crippen LogP contribution < -0.4 is 0 Å². The molecule has 0 N–H and O–H groups in total. The Bertz CT molecular complexity index is 3470. The average Bonchev–Trinajstić information content (AvgIpc) is 3.85. The summed E-state index contributed by atoms with van der Waals surface area (Å²) in [4.78, 5) is 0. The summed E-state index contributed by atoms with van der Waals surface area (Å²) in [6.07, 6.45) is 0. The van der Waals surface area contributed by atoms with Crippen LogP contribution in [0.3, 0.4) is 0 Å². The summed E-state index contributed by atoms with van der Waals surface area (Å²) < 4.78 is 13.4. The fourth-order valence-electron chi connectivity index (χ4n) is 9.27. The van der Waals surface area contributed by atoms with Crippen LogP contribution in [0.4, 0.5) is 0 Å².